The maximum atomic E-state index is 12.3. The lowest BCUT2D eigenvalue weighted by molar-refractivity contribution is 0.0778. The molecule has 0 spiro atoms. The molecule has 0 radical (unpaired) electrons. The second kappa shape index (κ2) is 7.41. The van der Waals surface area contributed by atoms with Crippen LogP contribution in [0.3, 0.4) is 0 Å². The standard InChI is InChI=1S/C14H21N3O2/c1-3-9-17(10-13(15)16-19)14(18)12-7-5-11(4-2)6-8-12/h5-8,19H,3-4,9-10H2,1-2H3,(H2,15,16). The largest absolute Gasteiger partial charge is 0.409 e. The molecule has 0 bridgehead atoms. The van der Waals surface area contributed by atoms with Gasteiger partial charge in [-0.3, -0.25) is 4.79 Å². The van der Waals surface area contributed by atoms with Crippen LogP contribution in [0.4, 0.5) is 0 Å². The van der Waals surface area contributed by atoms with E-state index >= 15 is 0 Å². The predicted octanol–water partition coefficient (Wildman–Crippen LogP) is 1.85. The Morgan fingerprint density at radius 2 is 1.95 bits per heavy atom. The Hall–Kier alpha value is -2.04. The van der Waals surface area contributed by atoms with Crippen LogP contribution >= 0.6 is 0 Å². The number of hydrogen-bond acceptors (Lipinski definition) is 3. The molecule has 0 unspecified atom stereocenters. The monoisotopic (exact) mass is 263 g/mol. The highest BCUT2D eigenvalue weighted by Gasteiger charge is 2.16. The second-order valence-electron chi connectivity index (χ2n) is 4.37. The Kier molecular flexibility index (Phi) is 5.85. The molecule has 0 saturated carbocycles. The van der Waals surface area contributed by atoms with E-state index in [9.17, 15) is 4.79 Å². The summed E-state index contributed by atoms with van der Waals surface area (Å²) >= 11 is 0. The number of nitrogens with zero attached hydrogens (tertiary/aromatic N) is 2. The van der Waals surface area contributed by atoms with Crippen LogP contribution in [0.15, 0.2) is 29.4 Å². The van der Waals surface area contributed by atoms with Gasteiger partial charge in [0.1, 0.15) is 0 Å². The number of hydrogen-bond donors (Lipinski definition) is 2. The van der Waals surface area contributed by atoms with Crippen molar-refractivity contribution < 1.29 is 10.0 Å². The van der Waals surface area contributed by atoms with E-state index in [4.69, 9.17) is 10.9 Å². The highest BCUT2D eigenvalue weighted by atomic mass is 16.4. The first kappa shape index (κ1) is 15.0. The summed E-state index contributed by atoms with van der Waals surface area (Å²) in [5.41, 5.74) is 7.28. The lowest BCUT2D eigenvalue weighted by Gasteiger charge is -2.21. The smallest absolute Gasteiger partial charge is 0.254 e. The number of nitrogens with two attached hydrogens (primary N) is 1. The van der Waals surface area contributed by atoms with Crippen molar-refractivity contribution in [1.29, 1.82) is 0 Å². The third-order valence-electron chi connectivity index (χ3n) is 2.87. The Balaban J connectivity index is 2.85. The molecule has 1 amide bonds. The first-order chi connectivity index (χ1) is 9.12. The van der Waals surface area contributed by atoms with Gasteiger partial charge in [0.25, 0.3) is 5.91 Å². The van der Waals surface area contributed by atoms with Crippen molar-refractivity contribution in [1.82, 2.24) is 4.90 Å². The van der Waals surface area contributed by atoms with Gasteiger partial charge in [0.05, 0.1) is 6.54 Å². The summed E-state index contributed by atoms with van der Waals surface area (Å²) in [6.45, 7) is 4.76. The second-order valence-corrected chi connectivity index (χ2v) is 4.37. The van der Waals surface area contributed by atoms with Crippen molar-refractivity contribution >= 4 is 11.7 Å². The summed E-state index contributed by atoms with van der Waals surface area (Å²) in [6, 6.07) is 7.52. The van der Waals surface area contributed by atoms with Gasteiger partial charge >= 0.3 is 0 Å². The van der Waals surface area contributed by atoms with Crippen molar-refractivity contribution in [2.24, 2.45) is 10.9 Å². The predicted molar refractivity (Wildman–Crippen MR) is 75.4 cm³/mol. The SMILES string of the molecule is CCCN(CC(N)=NO)C(=O)c1ccc(CC)cc1. The number of benzene rings is 1. The molecule has 0 aliphatic heterocycles. The molecule has 5 nitrogen and oxygen atoms in total. The molecule has 5 heteroatoms. The van der Waals surface area contributed by atoms with Crippen LogP contribution in [0.2, 0.25) is 0 Å². The van der Waals surface area contributed by atoms with Gasteiger partial charge in [0, 0.05) is 12.1 Å². The minimum Gasteiger partial charge on any atom is -0.409 e. The maximum absolute atomic E-state index is 12.3. The van der Waals surface area contributed by atoms with Crippen molar-refractivity contribution in [3.8, 4) is 0 Å². The molecular weight excluding hydrogens is 242 g/mol. The lowest BCUT2D eigenvalue weighted by Crippen LogP contribution is -2.39. The number of amides is 1. The van der Waals surface area contributed by atoms with E-state index in [1.807, 2.05) is 31.2 Å². The molecule has 0 aromatic heterocycles. The number of rotatable bonds is 6. The highest BCUT2D eigenvalue weighted by Crippen LogP contribution is 2.09. The number of carbonyl (C=O) groups excluding carboxylic acids is 1. The Bertz CT molecular complexity index is 441. The first-order valence-electron chi connectivity index (χ1n) is 6.47. The van der Waals surface area contributed by atoms with E-state index < -0.39 is 0 Å². The van der Waals surface area contributed by atoms with Gasteiger partial charge < -0.3 is 15.8 Å². The topological polar surface area (TPSA) is 78.9 Å². The molecule has 0 heterocycles. The normalized spacial score (nSPS) is 11.4. The molecule has 1 aromatic rings. The van der Waals surface area contributed by atoms with Gasteiger partial charge in [-0.1, -0.05) is 31.1 Å². The maximum Gasteiger partial charge on any atom is 0.254 e. The van der Waals surface area contributed by atoms with Gasteiger partial charge in [0.15, 0.2) is 5.84 Å². The first-order valence-corrected chi connectivity index (χ1v) is 6.47. The quantitative estimate of drug-likeness (QED) is 0.356. The fourth-order valence-electron chi connectivity index (χ4n) is 1.82. The summed E-state index contributed by atoms with van der Waals surface area (Å²) < 4.78 is 0. The highest BCUT2D eigenvalue weighted by molar-refractivity contribution is 5.97. The average Bonchev–Trinajstić information content (AvgIpc) is 2.46. The van der Waals surface area contributed by atoms with Crippen LogP contribution in [0.25, 0.3) is 0 Å². The molecule has 0 saturated heterocycles. The molecule has 0 fully saturated rings. The molecule has 3 N–H and O–H groups in total. The minimum absolute atomic E-state index is 0.0342. The molecule has 1 rings (SSSR count). The molecule has 0 aliphatic rings. The van der Waals surface area contributed by atoms with E-state index in [2.05, 4.69) is 12.1 Å². The minimum atomic E-state index is -0.101. The third kappa shape index (κ3) is 4.28. The van der Waals surface area contributed by atoms with Crippen LogP contribution < -0.4 is 5.73 Å². The molecule has 1 aromatic carbocycles. The van der Waals surface area contributed by atoms with Crippen molar-refractivity contribution in [2.75, 3.05) is 13.1 Å². The van der Waals surface area contributed by atoms with Crippen molar-refractivity contribution in [2.45, 2.75) is 26.7 Å². The van der Waals surface area contributed by atoms with Crippen LogP contribution in [-0.2, 0) is 6.42 Å². The van der Waals surface area contributed by atoms with E-state index in [-0.39, 0.29) is 18.3 Å². The van der Waals surface area contributed by atoms with Gasteiger partial charge in [-0.25, -0.2) is 0 Å². The average molecular weight is 263 g/mol. The van der Waals surface area contributed by atoms with Gasteiger partial charge in [0.2, 0.25) is 0 Å². The summed E-state index contributed by atoms with van der Waals surface area (Å²) in [4.78, 5) is 13.9. The van der Waals surface area contributed by atoms with Gasteiger partial charge in [-0.15, -0.1) is 0 Å². The summed E-state index contributed by atoms with van der Waals surface area (Å²) in [6.07, 6.45) is 1.76. The Labute approximate surface area is 113 Å². The van der Waals surface area contributed by atoms with E-state index in [1.54, 1.807) is 4.90 Å². The summed E-state index contributed by atoms with van der Waals surface area (Å²) in [5, 5.41) is 11.5. The molecule has 104 valence electrons. The zero-order chi connectivity index (χ0) is 14.3. The number of amidine groups is 1. The zero-order valence-electron chi connectivity index (χ0n) is 11.5. The molecule has 0 aliphatic carbocycles. The molecule has 0 atom stereocenters. The Morgan fingerprint density at radius 3 is 2.42 bits per heavy atom. The van der Waals surface area contributed by atoms with Gasteiger partial charge in [-0.2, -0.15) is 0 Å². The van der Waals surface area contributed by atoms with E-state index in [0.29, 0.717) is 12.1 Å². The lowest BCUT2D eigenvalue weighted by atomic mass is 10.1. The molecule has 19 heavy (non-hydrogen) atoms. The summed E-state index contributed by atoms with van der Waals surface area (Å²) in [7, 11) is 0. The zero-order valence-corrected chi connectivity index (χ0v) is 11.5. The fourth-order valence-corrected chi connectivity index (χ4v) is 1.82. The number of aryl methyl sites for hydroxylation is 1. The van der Waals surface area contributed by atoms with Crippen LogP contribution in [0.1, 0.15) is 36.2 Å². The van der Waals surface area contributed by atoms with E-state index in [0.717, 1.165) is 12.8 Å². The van der Waals surface area contributed by atoms with Crippen LogP contribution in [0.5, 0.6) is 0 Å². The van der Waals surface area contributed by atoms with Crippen molar-refractivity contribution in [3.05, 3.63) is 35.4 Å². The summed E-state index contributed by atoms with van der Waals surface area (Å²) in [5.74, 6) is -0.0666. The van der Waals surface area contributed by atoms with Crippen LogP contribution in [-0.4, -0.2) is 34.9 Å². The Morgan fingerprint density at radius 1 is 1.32 bits per heavy atom. The number of carbonyl (C=O) groups is 1. The third-order valence-corrected chi connectivity index (χ3v) is 2.87. The van der Waals surface area contributed by atoms with Gasteiger partial charge in [-0.05, 0) is 30.5 Å². The molecular formula is C14H21N3O2. The fraction of sp³-hybridized carbons (Fsp3) is 0.429. The van der Waals surface area contributed by atoms with Crippen molar-refractivity contribution in [3.63, 3.8) is 0 Å². The number of oxime groups is 1. The van der Waals surface area contributed by atoms with E-state index in [1.165, 1.54) is 5.56 Å². The van der Waals surface area contributed by atoms with Crippen LogP contribution in [0, 0.1) is 0 Å².